The summed E-state index contributed by atoms with van der Waals surface area (Å²) in [6, 6.07) is 8.16. The summed E-state index contributed by atoms with van der Waals surface area (Å²) < 4.78 is 27.1. The van der Waals surface area contributed by atoms with Crippen molar-refractivity contribution in [1.82, 2.24) is 4.31 Å². The van der Waals surface area contributed by atoms with Crippen molar-refractivity contribution >= 4 is 38.2 Å². The Labute approximate surface area is 162 Å². The molecule has 3 rings (SSSR count). The number of thiophene rings is 1. The van der Waals surface area contributed by atoms with Gasteiger partial charge in [0.05, 0.1) is 5.56 Å². The maximum absolute atomic E-state index is 12.8. The second-order valence-electron chi connectivity index (χ2n) is 6.46. The Hall–Kier alpha value is -2.23. The van der Waals surface area contributed by atoms with Crippen LogP contribution >= 0.6 is 11.3 Å². The minimum atomic E-state index is -3.71. The zero-order valence-electron chi connectivity index (χ0n) is 14.9. The van der Waals surface area contributed by atoms with E-state index in [-0.39, 0.29) is 14.8 Å². The minimum absolute atomic E-state index is 0.00366. The van der Waals surface area contributed by atoms with Crippen LogP contribution in [0.25, 0.3) is 0 Å². The second-order valence-corrected chi connectivity index (χ2v) is 9.67. The van der Waals surface area contributed by atoms with Crippen molar-refractivity contribution in [2.24, 2.45) is 5.73 Å². The van der Waals surface area contributed by atoms with Gasteiger partial charge in [0.25, 0.3) is 21.8 Å². The predicted octanol–water partition coefficient (Wildman–Crippen LogP) is 2.58. The molecule has 2 heterocycles. The lowest BCUT2D eigenvalue weighted by molar-refractivity contribution is 0.100. The molecular weight excluding hydrogens is 386 g/mol. The normalized spacial score (nSPS) is 15.4. The van der Waals surface area contributed by atoms with Gasteiger partial charge in [-0.05, 0) is 38.0 Å². The van der Waals surface area contributed by atoms with Gasteiger partial charge in [-0.25, -0.2) is 8.42 Å². The van der Waals surface area contributed by atoms with Gasteiger partial charge in [0.2, 0.25) is 0 Å². The standard InChI is InChI=1S/C18H21N3O4S2/c1-12-5-7-13(8-6-12)17(23)20-18-14(16(19)22)11-15(26-18)27(24,25)21-9-3-2-4-10-21/h5-8,11H,2-4,9-10H2,1H3,(H2,19,22)(H,20,23). The number of carbonyl (C=O) groups excluding carboxylic acids is 2. The molecule has 0 bridgehead atoms. The van der Waals surface area contributed by atoms with E-state index in [0.717, 1.165) is 36.2 Å². The Morgan fingerprint density at radius 2 is 1.74 bits per heavy atom. The summed E-state index contributed by atoms with van der Waals surface area (Å²) in [5.74, 6) is -1.22. The van der Waals surface area contributed by atoms with Crippen molar-refractivity contribution in [3.05, 3.63) is 47.0 Å². The molecule has 0 saturated carbocycles. The number of hydrogen-bond donors (Lipinski definition) is 2. The van der Waals surface area contributed by atoms with Crippen molar-refractivity contribution in [3.63, 3.8) is 0 Å². The van der Waals surface area contributed by atoms with Crippen LogP contribution in [0.4, 0.5) is 5.00 Å². The Morgan fingerprint density at radius 1 is 1.11 bits per heavy atom. The number of hydrogen-bond acceptors (Lipinski definition) is 5. The second kappa shape index (κ2) is 7.79. The molecule has 0 radical (unpaired) electrons. The molecule has 2 aromatic rings. The van der Waals surface area contributed by atoms with E-state index in [4.69, 9.17) is 5.73 Å². The molecule has 1 aliphatic rings. The fourth-order valence-corrected chi connectivity index (χ4v) is 5.92. The summed E-state index contributed by atoms with van der Waals surface area (Å²) in [4.78, 5) is 24.2. The summed E-state index contributed by atoms with van der Waals surface area (Å²) in [6.45, 7) is 2.82. The van der Waals surface area contributed by atoms with E-state index in [1.54, 1.807) is 24.3 Å². The molecule has 144 valence electrons. The number of aryl methyl sites for hydroxylation is 1. The van der Waals surface area contributed by atoms with Gasteiger partial charge in [0.15, 0.2) is 0 Å². The number of piperidine rings is 1. The molecule has 7 nitrogen and oxygen atoms in total. The highest BCUT2D eigenvalue weighted by Gasteiger charge is 2.30. The van der Waals surface area contributed by atoms with E-state index in [0.29, 0.717) is 18.7 Å². The van der Waals surface area contributed by atoms with E-state index < -0.39 is 21.8 Å². The molecule has 3 N–H and O–H groups in total. The number of nitrogens with two attached hydrogens (primary N) is 1. The van der Waals surface area contributed by atoms with Crippen LogP contribution in [0.5, 0.6) is 0 Å². The zero-order chi connectivity index (χ0) is 19.6. The maximum atomic E-state index is 12.8. The van der Waals surface area contributed by atoms with Gasteiger partial charge in [0.1, 0.15) is 9.21 Å². The highest BCUT2D eigenvalue weighted by atomic mass is 32.2. The third-order valence-electron chi connectivity index (χ3n) is 4.42. The number of benzene rings is 1. The summed E-state index contributed by atoms with van der Waals surface area (Å²) in [7, 11) is -3.71. The van der Waals surface area contributed by atoms with E-state index in [9.17, 15) is 18.0 Å². The lowest BCUT2D eigenvalue weighted by Crippen LogP contribution is -2.35. The van der Waals surface area contributed by atoms with Crippen LogP contribution in [0, 0.1) is 6.92 Å². The van der Waals surface area contributed by atoms with Gasteiger partial charge in [-0.1, -0.05) is 24.1 Å². The van der Waals surface area contributed by atoms with Gasteiger partial charge in [0, 0.05) is 18.7 Å². The number of carbonyl (C=O) groups is 2. The van der Waals surface area contributed by atoms with Crippen molar-refractivity contribution in [1.29, 1.82) is 0 Å². The van der Waals surface area contributed by atoms with Crippen LogP contribution in [-0.4, -0.2) is 37.6 Å². The molecule has 1 aliphatic heterocycles. The summed E-state index contributed by atoms with van der Waals surface area (Å²) in [5.41, 5.74) is 6.81. The largest absolute Gasteiger partial charge is 0.366 e. The molecule has 1 fully saturated rings. The molecule has 1 aromatic heterocycles. The Morgan fingerprint density at radius 3 is 2.33 bits per heavy atom. The first-order valence-electron chi connectivity index (χ1n) is 8.61. The molecule has 9 heteroatoms. The van der Waals surface area contributed by atoms with Crippen molar-refractivity contribution in [2.45, 2.75) is 30.4 Å². The predicted molar refractivity (Wildman–Crippen MR) is 105 cm³/mol. The average Bonchev–Trinajstić information content (AvgIpc) is 3.08. The van der Waals surface area contributed by atoms with E-state index >= 15 is 0 Å². The molecule has 0 aliphatic carbocycles. The number of primary amides is 1. The van der Waals surface area contributed by atoms with Crippen LogP contribution in [-0.2, 0) is 10.0 Å². The quantitative estimate of drug-likeness (QED) is 0.794. The van der Waals surface area contributed by atoms with Crippen LogP contribution in [0.3, 0.4) is 0 Å². The fourth-order valence-electron chi connectivity index (χ4n) is 2.88. The van der Waals surface area contributed by atoms with E-state index in [1.807, 2.05) is 6.92 Å². The molecule has 0 atom stereocenters. The monoisotopic (exact) mass is 407 g/mol. The van der Waals surface area contributed by atoms with Crippen molar-refractivity contribution in [3.8, 4) is 0 Å². The van der Waals surface area contributed by atoms with E-state index in [2.05, 4.69) is 5.32 Å². The maximum Gasteiger partial charge on any atom is 0.256 e. The number of anilines is 1. The first-order valence-corrected chi connectivity index (χ1v) is 10.9. The van der Waals surface area contributed by atoms with Gasteiger partial charge in [-0.15, -0.1) is 11.3 Å². The molecule has 1 aromatic carbocycles. The Kier molecular flexibility index (Phi) is 5.64. The number of nitrogens with zero attached hydrogens (tertiary/aromatic N) is 1. The zero-order valence-corrected chi connectivity index (χ0v) is 16.5. The molecule has 0 spiro atoms. The Bertz CT molecular complexity index is 959. The van der Waals surface area contributed by atoms with Gasteiger partial charge in [-0.3, -0.25) is 9.59 Å². The third kappa shape index (κ3) is 4.20. The molecule has 2 amide bonds. The number of amides is 2. The summed E-state index contributed by atoms with van der Waals surface area (Å²) in [5, 5.41) is 2.76. The first kappa shape index (κ1) is 19.5. The summed E-state index contributed by atoms with van der Waals surface area (Å²) in [6.07, 6.45) is 2.62. The summed E-state index contributed by atoms with van der Waals surface area (Å²) >= 11 is 0.852. The Balaban J connectivity index is 1.90. The lowest BCUT2D eigenvalue weighted by Gasteiger charge is -2.25. The van der Waals surface area contributed by atoms with Crippen molar-refractivity contribution in [2.75, 3.05) is 18.4 Å². The van der Waals surface area contributed by atoms with Crippen LogP contribution in [0.1, 0.15) is 45.5 Å². The molecular formula is C18H21N3O4S2. The fraction of sp³-hybridized carbons (Fsp3) is 0.333. The number of rotatable bonds is 5. The minimum Gasteiger partial charge on any atom is -0.366 e. The average molecular weight is 408 g/mol. The van der Waals surface area contributed by atoms with Crippen LogP contribution in [0.15, 0.2) is 34.5 Å². The smallest absolute Gasteiger partial charge is 0.256 e. The van der Waals surface area contributed by atoms with Crippen molar-refractivity contribution < 1.29 is 18.0 Å². The van der Waals surface area contributed by atoms with E-state index in [1.165, 1.54) is 10.4 Å². The highest BCUT2D eigenvalue weighted by molar-refractivity contribution is 7.91. The van der Waals surface area contributed by atoms with Gasteiger partial charge < -0.3 is 11.1 Å². The molecule has 0 unspecified atom stereocenters. The number of nitrogens with one attached hydrogen (secondary N) is 1. The highest BCUT2D eigenvalue weighted by Crippen LogP contribution is 2.34. The topological polar surface area (TPSA) is 110 Å². The van der Waals surface area contributed by atoms with Gasteiger partial charge >= 0.3 is 0 Å². The SMILES string of the molecule is Cc1ccc(C(=O)Nc2sc(S(=O)(=O)N3CCCCC3)cc2C(N)=O)cc1. The lowest BCUT2D eigenvalue weighted by atomic mass is 10.1. The molecule has 27 heavy (non-hydrogen) atoms. The van der Waals surface area contributed by atoms with Gasteiger partial charge in [-0.2, -0.15) is 4.31 Å². The number of sulfonamides is 1. The molecule has 1 saturated heterocycles. The van der Waals surface area contributed by atoms with Crippen LogP contribution in [0.2, 0.25) is 0 Å². The first-order chi connectivity index (χ1) is 12.8. The third-order valence-corrected chi connectivity index (χ3v) is 7.82. The van der Waals surface area contributed by atoms with Crippen LogP contribution < -0.4 is 11.1 Å².